The van der Waals surface area contributed by atoms with Crippen molar-refractivity contribution in [2.24, 2.45) is 0 Å². The summed E-state index contributed by atoms with van der Waals surface area (Å²) in [5.41, 5.74) is 9.49. The highest BCUT2D eigenvalue weighted by atomic mass is 14.9. The molecule has 38 heavy (non-hydrogen) atoms. The highest BCUT2D eigenvalue weighted by Crippen LogP contribution is 2.31. The molecule has 0 N–H and O–H groups in total. The van der Waals surface area contributed by atoms with Crippen molar-refractivity contribution < 1.29 is 0 Å². The van der Waals surface area contributed by atoms with Crippen LogP contribution in [-0.2, 0) is 16.2 Å². The molecule has 0 aliphatic heterocycles. The molecule has 3 aromatic heterocycles. The van der Waals surface area contributed by atoms with E-state index in [0.717, 1.165) is 5.69 Å². The standard InChI is InChI=1S/C20H25N.C16H19N/c1-19(2,3)15-7-8-17-14(11-15)13-21-10-9-16(12-18(17)21)20(4,5)6;1-12-9-10-17-15(11-12)13-5-7-14(8-6-13)16(2,3)4/h7-13H,1-6H3;5-11H,1-4H3. The number of aryl methyl sites for hydroxylation is 1. The van der Waals surface area contributed by atoms with E-state index in [0.29, 0.717) is 0 Å². The van der Waals surface area contributed by atoms with Crippen LogP contribution < -0.4 is 0 Å². The van der Waals surface area contributed by atoms with Gasteiger partial charge in [0, 0.05) is 34.9 Å². The Hall–Kier alpha value is -3.39. The highest BCUT2D eigenvalue weighted by molar-refractivity contribution is 5.98. The van der Waals surface area contributed by atoms with Gasteiger partial charge in [-0.05, 0) is 75.8 Å². The van der Waals surface area contributed by atoms with Crippen molar-refractivity contribution in [3.8, 4) is 11.3 Å². The van der Waals surface area contributed by atoms with Crippen LogP contribution in [0.3, 0.4) is 0 Å². The van der Waals surface area contributed by atoms with Crippen molar-refractivity contribution in [2.75, 3.05) is 0 Å². The van der Waals surface area contributed by atoms with Gasteiger partial charge in [-0.2, -0.15) is 0 Å². The molecule has 0 aliphatic carbocycles. The molecule has 2 aromatic carbocycles. The summed E-state index contributed by atoms with van der Waals surface area (Å²) in [5.74, 6) is 0. The topological polar surface area (TPSA) is 17.3 Å². The molecule has 2 heteroatoms. The molecule has 0 aliphatic rings. The van der Waals surface area contributed by atoms with Gasteiger partial charge in [-0.3, -0.25) is 4.98 Å². The summed E-state index contributed by atoms with van der Waals surface area (Å²) in [6.07, 6.45) is 6.29. The predicted octanol–water partition coefficient (Wildman–Crippen LogP) is 10.0. The monoisotopic (exact) mass is 504 g/mol. The second-order valence-corrected chi connectivity index (χ2v) is 13.7. The van der Waals surface area contributed by atoms with Crippen LogP contribution in [0.2, 0.25) is 0 Å². The van der Waals surface area contributed by atoms with E-state index in [1.807, 2.05) is 12.3 Å². The second kappa shape index (κ2) is 10.1. The number of rotatable bonds is 1. The van der Waals surface area contributed by atoms with E-state index in [2.05, 4.69) is 152 Å². The number of hydrogen-bond donors (Lipinski definition) is 0. The fourth-order valence-corrected chi connectivity index (χ4v) is 4.66. The number of hydrogen-bond acceptors (Lipinski definition) is 1. The van der Waals surface area contributed by atoms with Crippen molar-refractivity contribution >= 4 is 16.3 Å². The zero-order chi connectivity index (χ0) is 27.9. The van der Waals surface area contributed by atoms with Crippen LogP contribution in [0.1, 0.15) is 84.6 Å². The van der Waals surface area contributed by atoms with E-state index < -0.39 is 0 Å². The molecule has 0 amide bonds. The Labute approximate surface area is 229 Å². The van der Waals surface area contributed by atoms with Crippen molar-refractivity contribution in [1.29, 1.82) is 0 Å². The molecular formula is C36H44N2. The summed E-state index contributed by atoms with van der Waals surface area (Å²) in [4.78, 5) is 4.40. The average Bonchev–Trinajstić information content (AvgIpc) is 3.20. The number of aromatic nitrogens is 2. The van der Waals surface area contributed by atoms with Crippen LogP contribution in [0.5, 0.6) is 0 Å². The smallest absolute Gasteiger partial charge is 0.0704 e. The van der Waals surface area contributed by atoms with E-state index >= 15 is 0 Å². The maximum Gasteiger partial charge on any atom is 0.0704 e. The molecule has 3 heterocycles. The van der Waals surface area contributed by atoms with Gasteiger partial charge >= 0.3 is 0 Å². The maximum atomic E-state index is 4.40. The van der Waals surface area contributed by atoms with E-state index in [1.54, 1.807) is 0 Å². The van der Waals surface area contributed by atoms with Crippen LogP contribution in [0.15, 0.2) is 85.3 Å². The minimum absolute atomic E-state index is 0.184. The van der Waals surface area contributed by atoms with Gasteiger partial charge in [0.15, 0.2) is 0 Å². The van der Waals surface area contributed by atoms with Crippen LogP contribution in [0.25, 0.3) is 27.5 Å². The lowest BCUT2D eigenvalue weighted by atomic mass is 9.86. The summed E-state index contributed by atoms with van der Waals surface area (Å²) < 4.78 is 2.24. The molecule has 0 fully saturated rings. The van der Waals surface area contributed by atoms with E-state index in [4.69, 9.17) is 0 Å². The Kier molecular flexibility index (Phi) is 7.32. The van der Waals surface area contributed by atoms with Gasteiger partial charge in [-0.25, -0.2) is 0 Å². The first-order chi connectivity index (χ1) is 17.6. The van der Waals surface area contributed by atoms with Gasteiger partial charge in [0.05, 0.1) is 11.2 Å². The van der Waals surface area contributed by atoms with Crippen molar-refractivity contribution in [3.05, 3.63) is 108 Å². The zero-order valence-corrected chi connectivity index (χ0v) is 25.0. The van der Waals surface area contributed by atoms with Crippen molar-refractivity contribution in [2.45, 2.75) is 85.5 Å². The normalized spacial score (nSPS) is 12.5. The Bertz CT molecular complexity index is 1550. The third-order valence-electron chi connectivity index (χ3n) is 7.28. The molecule has 198 valence electrons. The first-order valence-electron chi connectivity index (χ1n) is 13.7. The molecule has 0 spiro atoms. The zero-order valence-electron chi connectivity index (χ0n) is 25.0. The number of benzene rings is 2. The van der Waals surface area contributed by atoms with Crippen molar-refractivity contribution in [1.82, 2.24) is 9.38 Å². The van der Waals surface area contributed by atoms with Gasteiger partial charge in [0.25, 0.3) is 0 Å². The van der Waals surface area contributed by atoms with Crippen molar-refractivity contribution in [3.63, 3.8) is 0 Å². The summed E-state index contributed by atoms with van der Waals surface area (Å²) in [7, 11) is 0. The average molecular weight is 505 g/mol. The first kappa shape index (κ1) is 27.6. The number of nitrogens with zero attached hydrogens (tertiary/aromatic N) is 2. The molecule has 2 nitrogen and oxygen atoms in total. The van der Waals surface area contributed by atoms with Crippen LogP contribution in [0, 0.1) is 6.92 Å². The van der Waals surface area contributed by atoms with Gasteiger partial charge < -0.3 is 4.40 Å². The minimum Gasteiger partial charge on any atom is -0.323 e. The summed E-state index contributed by atoms with van der Waals surface area (Å²) in [5, 5.41) is 2.67. The summed E-state index contributed by atoms with van der Waals surface area (Å²) in [6, 6.07) is 24.3. The second-order valence-electron chi connectivity index (χ2n) is 13.7. The molecule has 0 radical (unpaired) electrons. The Morgan fingerprint density at radius 3 is 1.76 bits per heavy atom. The fourth-order valence-electron chi connectivity index (χ4n) is 4.66. The van der Waals surface area contributed by atoms with Gasteiger partial charge in [-0.15, -0.1) is 0 Å². The molecular weight excluding hydrogens is 460 g/mol. The van der Waals surface area contributed by atoms with Gasteiger partial charge in [0.1, 0.15) is 0 Å². The maximum absolute atomic E-state index is 4.40. The molecule has 0 unspecified atom stereocenters. The molecule has 0 atom stereocenters. The third-order valence-corrected chi connectivity index (χ3v) is 7.28. The lowest BCUT2D eigenvalue weighted by molar-refractivity contribution is 0.590. The SMILES string of the molecule is CC(C)(C)c1ccc2c(c1)cn1ccc(C(C)(C)C)cc21.Cc1ccnc(-c2ccc(C(C)(C)C)cc2)c1. The molecule has 5 aromatic rings. The summed E-state index contributed by atoms with van der Waals surface area (Å²) in [6.45, 7) is 22.4. The van der Waals surface area contributed by atoms with Gasteiger partial charge in [0.2, 0.25) is 0 Å². The minimum atomic E-state index is 0.184. The number of fused-ring (bicyclic) bond motifs is 3. The molecule has 0 saturated carbocycles. The highest BCUT2D eigenvalue weighted by Gasteiger charge is 2.17. The molecule has 5 rings (SSSR count). The van der Waals surface area contributed by atoms with Crippen LogP contribution in [0.4, 0.5) is 0 Å². The van der Waals surface area contributed by atoms with Crippen LogP contribution >= 0.6 is 0 Å². The van der Waals surface area contributed by atoms with Crippen LogP contribution in [-0.4, -0.2) is 9.38 Å². The Morgan fingerprint density at radius 2 is 1.18 bits per heavy atom. The Balaban J connectivity index is 0.000000181. The van der Waals surface area contributed by atoms with Gasteiger partial charge in [-0.1, -0.05) is 98.7 Å². The molecule has 0 saturated heterocycles. The fraction of sp³-hybridized carbons (Fsp3) is 0.361. The van der Waals surface area contributed by atoms with E-state index in [9.17, 15) is 0 Å². The largest absolute Gasteiger partial charge is 0.323 e. The first-order valence-corrected chi connectivity index (χ1v) is 13.7. The lowest BCUT2D eigenvalue weighted by Gasteiger charge is -2.19. The van der Waals surface area contributed by atoms with E-state index in [-0.39, 0.29) is 16.2 Å². The molecule has 0 bridgehead atoms. The Morgan fingerprint density at radius 1 is 0.605 bits per heavy atom. The third kappa shape index (κ3) is 6.18. The summed E-state index contributed by atoms with van der Waals surface area (Å²) >= 11 is 0. The predicted molar refractivity (Wildman–Crippen MR) is 165 cm³/mol. The number of pyridine rings is 2. The lowest BCUT2D eigenvalue weighted by Crippen LogP contribution is -2.11. The quantitative estimate of drug-likeness (QED) is 0.222. The van der Waals surface area contributed by atoms with E-state index in [1.165, 1.54) is 44.1 Å².